The van der Waals surface area contributed by atoms with Crippen LogP contribution in [0.15, 0.2) is 65.2 Å². The number of aromatic carboxylic acids is 1. The molecule has 0 unspecified atom stereocenters. The predicted molar refractivity (Wildman–Crippen MR) is 167 cm³/mol. The van der Waals surface area contributed by atoms with E-state index in [1.807, 2.05) is 61.5 Å². The summed E-state index contributed by atoms with van der Waals surface area (Å²) in [5.74, 6) is -0.459. The zero-order chi connectivity index (χ0) is 31.4. The molecule has 44 heavy (non-hydrogen) atoms. The number of aromatic nitrogens is 3. The third-order valence-corrected chi connectivity index (χ3v) is 7.81. The highest BCUT2D eigenvalue weighted by molar-refractivity contribution is 5.99. The van der Waals surface area contributed by atoms with Gasteiger partial charge in [-0.05, 0) is 75.0 Å². The Balaban J connectivity index is 1.12. The third-order valence-electron chi connectivity index (χ3n) is 7.81. The van der Waals surface area contributed by atoms with E-state index in [1.165, 1.54) is 11.6 Å². The molecule has 1 fully saturated rings. The maximum atomic E-state index is 13.0. The van der Waals surface area contributed by atoms with Crippen LogP contribution in [-0.4, -0.2) is 62.4 Å². The highest BCUT2D eigenvalue weighted by atomic mass is 16.5. The highest BCUT2D eigenvalue weighted by Crippen LogP contribution is 2.27. The van der Waals surface area contributed by atoms with Crippen LogP contribution in [0.5, 0.6) is 0 Å². The summed E-state index contributed by atoms with van der Waals surface area (Å²) in [6.45, 7) is 10.0. The molecule has 3 heterocycles. The average Bonchev–Trinajstić information content (AvgIpc) is 3.64. The Labute approximate surface area is 256 Å². The number of Topliss-reactive ketones (excluding diaryl/α,β-unsaturated/α-hetero) is 1. The van der Waals surface area contributed by atoms with E-state index in [0.717, 1.165) is 49.3 Å². The summed E-state index contributed by atoms with van der Waals surface area (Å²) in [5, 5.41) is 23.0. The fourth-order valence-corrected chi connectivity index (χ4v) is 5.19. The van der Waals surface area contributed by atoms with Crippen LogP contribution in [0, 0.1) is 12.8 Å². The van der Waals surface area contributed by atoms with Crippen molar-refractivity contribution in [1.29, 1.82) is 0 Å². The summed E-state index contributed by atoms with van der Waals surface area (Å²) in [4.78, 5) is 38.5. The molecule has 0 saturated carbocycles. The number of benzene rings is 2. The molecule has 0 aliphatic carbocycles. The van der Waals surface area contributed by atoms with E-state index in [-0.39, 0.29) is 35.2 Å². The highest BCUT2D eigenvalue weighted by Gasteiger charge is 2.25. The van der Waals surface area contributed by atoms with Gasteiger partial charge >= 0.3 is 12.0 Å². The number of nitrogens with zero attached hydrogens (tertiary/aromatic N) is 4. The number of likely N-dealkylation sites (tertiary alicyclic amines) is 1. The van der Waals surface area contributed by atoms with E-state index in [9.17, 15) is 14.4 Å². The van der Waals surface area contributed by atoms with Crippen molar-refractivity contribution in [1.82, 2.24) is 19.8 Å². The standard InChI is InChI=1S/C33H38N6O5/c1-21-5-11-25(12-6-21)39-30(19-29(36-39)33(2,3)4)35-32(43)34-24-9-7-22(8-10-24)17-23-13-15-38(16-14-23)20-27(40)28-18-26(31(41)42)37-44-28/h5-12,18-19,23H,13-17,20H2,1-4H3,(H,41,42)(H2,34,35,43). The second kappa shape index (κ2) is 12.8. The normalized spacial score (nSPS) is 14.4. The summed E-state index contributed by atoms with van der Waals surface area (Å²) in [7, 11) is 0. The molecular formula is C33H38N6O5. The zero-order valence-corrected chi connectivity index (χ0v) is 25.5. The number of hydrogen-bond donors (Lipinski definition) is 3. The predicted octanol–water partition coefficient (Wildman–Crippen LogP) is 5.95. The van der Waals surface area contributed by atoms with E-state index < -0.39 is 5.97 Å². The van der Waals surface area contributed by atoms with Crippen molar-refractivity contribution in [2.75, 3.05) is 30.3 Å². The topological polar surface area (TPSA) is 143 Å². The molecule has 1 saturated heterocycles. The van der Waals surface area contributed by atoms with Crippen LogP contribution >= 0.6 is 0 Å². The van der Waals surface area contributed by atoms with Crippen LogP contribution < -0.4 is 10.6 Å². The number of nitrogens with one attached hydrogen (secondary N) is 2. The Morgan fingerprint density at radius 3 is 2.27 bits per heavy atom. The van der Waals surface area contributed by atoms with Crippen LogP contribution in [-0.2, 0) is 11.8 Å². The van der Waals surface area contributed by atoms with Crippen molar-refractivity contribution >= 4 is 29.3 Å². The van der Waals surface area contributed by atoms with Crippen LogP contribution in [0.25, 0.3) is 5.69 Å². The lowest BCUT2D eigenvalue weighted by Crippen LogP contribution is -2.37. The van der Waals surface area contributed by atoms with Gasteiger partial charge in [-0.1, -0.05) is 55.8 Å². The van der Waals surface area contributed by atoms with Crippen molar-refractivity contribution in [3.8, 4) is 5.69 Å². The first-order valence-corrected chi connectivity index (χ1v) is 14.7. The minimum absolute atomic E-state index is 0.0292. The van der Waals surface area contributed by atoms with Crippen LogP contribution in [0.2, 0.25) is 0 Å². The fourth-order valence-electron chi connectivity index (χ4n) is 5.19. The number of carboxylic acid groups (broad SMARTS) is 1. The van der Waals surface area contributed by atoms with Crippen LogP contribution in [0.3, 0.4) is 0 Å². The first-order chi connectivity index (χ1) is 20.9. The van der Waals surface area contributed by atoms with Gasteiger partial charge in [0.15, 0.2) is 5.69 Å². The number of urea groups is 1. The molecule has 11 nitrogen and oxygen atoms in total. The SMILES string of the molecule is Cc1ccc(-n2nc(C(C)(C)C)cc2NC(=O)Nc2ccc(CC3CCN(CC(=O)c4cc(C(=O)O)no4)CC3)cc2)cc1. The van der Waals surface area contributed by atoms with Gasteiger partial charge in [0.25, 0.3) is 0 Å². The number of rotatable bonds is 9. The fraction of sp³-hybridized carbons (Fsp3) is 0.364. The number of aryl methyl sites for hydroxylation is 1. The van der Waals surface area contributed by atoms with E-state index in [0.29, 0.717) is 17.4 Å². The van der Waals surface area contributed by atoms with Gasteiger partial charge in [0.1, 0.15) is 5.82 Å². The molecule has 2 aromatic carbocycles. The number of carboxylic acids is 1. The number of hydrogen-bond acceptors (Lipinski definition) is 7. The first kappa shape index (κ1) is 30.7. The number of ketones is 1. The largest absolute Gasteiger partial charge is 0.476 e. The number of carbonyl (C=O) groups excluding carboxylic acids is 2. The lowest BCUT2D eigenvalue weighted by Gasteiger charge is -2.31. The molecule has 5 rings (SSSR count). The van der Waals surface area contributed by atoms with Crippen LogP contribution in [0.1, 0.15) is 71.5 Å². The minimum atomic E-state index is -1.22. The lowest BCUT2D eigenvalue weighted by molar-refractivity contribution is 0.0684. The molecule has 11 heteroatoms. The molecule has 4 aromatic rings. The molecule has 2 amide bonds. The summed E-state index contributed by atoms with van der Waals surface area (Å²) in [6, 6.07) is 18.6. The number of piperidine rings is 1. The first-order valence-electron chi connectivity index (χ1n) is 14.7. The Kier molecular flexibility index (Phi) is 8.96. The number of amides is 2. The van der Waals surface area contributed by atoms with Crippen molar-refractivity contribution in [3.63, 3.8) is 0 Å². The third kappa shape index (κ3) is 7.59. The van der Waals surface area contributed by atoms with E-state index in [1.54, 1.807) is 4.68 Å². The maximum absolute atomic E-state index is 13.0. The number of carbonyl (C=O) groups is 3. The molecule has 0 spiro atoms. The molecular weight excluding hydrogens is 560 g/mol. The second-order valence-electron chi connectivity index (χ2n) is 12.4. The van der Waals surface area contributed by atoms with Gasteiger partial charge in [-0.2, -0.15) is 5.10 Å². The summed E-state index contributed by atoms with van der Waals surface area (Å²) in [6.07, 6.45) is 2.79. The van der Waals surface area contributed by atoms with Gasteiger partial charge < -0.3 is 14.9 Å². The Morgan fingerprint density at radius 1 is 0.977 bits per heavy atom. The molecule has 0 radical (unpaired) electrons. The van der Waals surface area contributed by atoms with Crippen molar-refractivity contribution < 1.29 is 24.0 Å². The average molecular weight is 599 g/mol. The van der Waals surface area contributed by atoms with Gasteiger partial charge in [-0.25, -0.2) is 14.3 Å². The Bertz CT molecular complexity index is 1620. The molecule has 0 bridgehead atoms. The second-order valence-corrected chi connectivity index (χ2v) is 12.4. The zero-order valence-electron chi connectivity index (χ0n) is 25.5. The van der Waals surface area contributed by atoms with E-state index in [4.69, 9.17) is 14.7 Å². The van der Waals surface area contributed by atoms with Crippen molar-refractivity contribution in [2.24, 2.45) is 5.92 Å². The number of anilines is 2. The van der Waals surface area contributed by atoms with Crippen molar-refractivity contribution in [3.05, 3.63) is 88.9 Å². The van der Waals surface area contributed by atoms with E-state index in [2.05, 4.69) is 41.5 Å². The maximum Gasteiger partial charge on any atom is 0.358 e. The lowest BCUT2D eigenvalue weighted by atomic mass is 9.90. The smallest absolute Gasteiger partial charge is 0.358 e. The summed E-state index contributed by atoms with van der Waals surface area (Å²) >= 11 is 0. The van der Waals surface area contributed by atoms with Crippen LogP contribution in [0.4, 0.5) is 16.3 Å². The molecule has 3 N–H and O–H groups in total. The molecule has 230 valence electrons. The monoisotopic (exact) mass is 598 g/mol. The van der Waals surface area contributed by atoms with Gasteiger partial charge in [-0.15, -0.1) is 0 Å². The Hall–Kier alpha value is -4.77. The quantitative estimate of drug-likeness (QED) is 0.201. The van der Waals surface area contributed by atoms with Gasteiger partial charge in [0.2, 0.25) is 11.5 Å². The molecule has 1 aliphatic heterocycles. The van der Waals surface area contributed by atoms with Gasteiger partial charge in [0, 0.05) is 23.2 Å². The van der Waals surface area contributed by atoms with Crippen molar-refractivity contribution in [2.45, 2.75) is 52.4 Å². The molecule has 0 atom stereocenters. The molecule has 2 aromatic heterocycles. The Morgan fingerprint density at radius 2 is 1.66 bits per heavy atom. The van der Waals surface area contributed by atoms with E-state index >= 15 is 0 Å². The van der Waals surface area contributed by atoms with Gasteiger partial charge in [0.05, 0.1) is 17.9 Å². The minimum Gasteiger partial charge on any atom is -0.476 e. The molecule has 1 aliphatic rings. The summed E-state index contributed by atoms with van der Waals surface area (Å²) < 4.78 is 6.65. The van der Waals surface area contributed by atoms with Gasteiger partial charge in [-0.3, -0.25) is 15.0 Å². The summed E-state index contributed by atoms with van der Waals surface area (Å²) in [5.41, 5.74) is 4.31.